The Bertz CT molecular complexity index is 237. The summed E-state index contributed by atoms with van der Waals surface area (Å²) in [6.07, 6.45) is 2.66. The number of urea groups is 1. The van der Waals surface area contributed by atoms with Gasteiger partial charge in [-0.15, -0.1) is 0 Å². The molecular formula is C9H17N3O3. The summed E-state index contributed by atoms with van der Waals surface area (Å²) in [5, 5.41) is 12.1. The van der Waals surface area contributed by atoms with E-state index in [9.17, 15) is 4.79 Å². The molecule has 6 heteroatoms. The number of nitrogens with one attached hydrogen (secondary N) is 3. The first-order chi connectivity index (χ1) is 7.13. The molecule has 15 heavy (non-hydrogen) atoms. The Morgan fingerprint density at radius 2 is 2.07 bits per heavy atom. The van der Waals surface area contributed by atoms with Crippen LogP contribution in [0.5, 0.6) is 0 Å². The van der Waals surface area contributed by atoms with Gasteiger partial charge in [-0.2, -0.15) is 0 Å². The number of methoxy groups -OCH3 is 2. The third-order valence-electron chi connectivity index (χ3n) is 1.54. The standard InChI is InChI=1S/C9H17N3O3/c1-4-5-7(10)12-9(13)11-6-8(14-2)15-3/h4-5,8H,6H2,1-3H3,(H3,10,11,12,13)/b5-4-. The number of carbonyl (C=O) groups is 1. The molecule has 0 bridgehead atoms. The lowest BCUT2D eigenvalue weighted by atomic mass is 10.5. The van der Waals surface area contributed by atoms with E-state index in [2.05, 4.69) is 10.6 Å². The smallest absolute Gasteiger partial charge is 0.320 e. The van der Waals surface area contributed by atoms with Crippen LogP contribution < -0.4 is 10.6 Å². The Hall–Kier alpha value is -1.40. The molecule has 0 saturated carbocycles. The summed E-state index contributed by atoms with van der Waals surface area (Å²) in [6, 6.07) is -0.461. The van der Waals surface area contributed by atoms with Crippen LogP contribution in [0.15, 0.2) is 12.2 Å². The maximum Gasteiger partial charge on any atom is 0.320 e. The van der Waals surface area contributed by atoms with Crippen LogP contribution in [0, 0.1) is 5.41 Å². The molecule has 0 aliphatic carbocycles. The molecule has 0 radical (unpaired) electrons. The van der Waals surface area contributed by atoms with Gasteiger partial charge in [0.25, 0.3) is 0 Å². The Labute approximate surface area is 89.1 Å². The molecular weight excluding hydrogens is 198 g/mol. The number of carbonyl (C=O) groups excluding carboxylic acids is 1. The first-order valence-electron chi connectivity index (χ1n) is 4.45. The van der Waals surface area contributed by atoms with Crippen molar-refractivity contribution in [2.45, 2.75) is 13.2 Å². The van der Waals surface area contributed by atoms with Gasteiger partial charge in [0, 0.05) is 14.2 Å². The molecule has 0 aliphatic rings. The molecule has 0 rings (SSSR count). The Morgan fingerprint density at radius 1 is 1.47 bits per heavy atom. The second-order valence-corrected chi connectivity index (χ2v) is 2.65. The fourth-order valence-electron chi connectivity index (χ4n) is 0.814. The monoisotopic (exact) mass is 215 g/mol. The van der Waals surface area contributed by atoms with E-state index in [4.69, 9.17) is 14.9 Å². The highest BCUT2D eigenvalue weighted by Gasteiger charge is 2.07. The number of allylic oxidation sites excluding steroid dienone is 1. The topological polar surface area (TPSA) is 83.4 Å². The van der Waals surface area contributed by atoms with E-state index in [0.29, 0.717) is 0 Å². The lowest BCUT2D eigenvalue weighted by molar-refractivity contribution is -0.0971. The Kier molecular flexibility index (Phi) is 7.21. The zero-order valence-corrected chi connectivity index (χ0v) is 9.16. The zero-order valence-electron chi connectivity index (χ0n) is 9.16. The number of rotatable bonds is 5. The van der Waals surface area contributed by atoms with Crippen molar-refractivity contribution in [3.8, 4) is 0 Å². The van der Waals surface area contributed by atoms with Crippen LogP contribution in [0.3, 0.4) is 0 Å². The van der Waals surface area contributed by atoms with Crippen LogP contribution in [0.1, 0.15) is 6.92 Å². The van der Waals surface area contributed by atoms with Crippen LogP contribution >= 0.6 is 0 Å². The predicted molar refractivity (Wildman–Crippen MR) is 56.9 cm³/mol. The summed E-state index contributed by atoms with van der Waals surface area (Å²) in [5.74, 6) is 0.0291. The molecule has 0 aliphatic heterocycles. The van der Waals surface area contributed by atoms with E-state index in [1.807, 2.05) is 0 Å². The minimum atomic E-state index is -0.480. The molecule has 3 N–H and O–H groups in total. The van der Waals surface area contributed by atoms with Crippen molar-refractivity contribution in [1.29, 1.82) is 5.41 Å². The maximum atomic E-state index is 11.2. The normalized spacial score (nSPS) is 10.7. The Balaban J connectivity index is 3.79. The Morgan fingerprint density at radius 3 is 2.53 bits per heavy atom. The minimum absolute atomic E-state index is 0.0291. The van der Waals surface area contributed by atoms with Gasteiger partial charge in [-0.3, -0.25) is 10.7 Å². The first-order valence-corrected chi connectivity index (χ1v) is 4.45. The molecule has 6 nitrogen and oxygen atoms in total. The third kappa shape index (κ3) is 6.64. The predicted octanol–water partition coefficient (Wildman–Crippen LogP) is 0.458. The summed E-state index contributed by atoms with van der Waals surface area (Å²) in [6.45, 7) is 1.99. The van der Waals surface area contributed by atoms with Gasteiger partial charge in [0.1, 0.15) is 5.84 Å². The number of amidine groups is 1. The van der Waals surface area contributed by atoms with Crippen molar-refractivity contribution in [3.63, 3.8) is 0 Å². The highest BCUT2D eigenvalue weighted by molar-refractivity contribution is 6.01. The highest BCUT2D eigenvalue weighted by Crippen LogP contribution is 1.87. The lowest BCUT2D eigenvalue weighted by Crippen LogP contribution is -2.42. The van der Waals surface area contributed by atoms with Gasteiger partial charge in [0.15, 0.2) is 6.29 Å². The van der Waals surface area contributed by atoms with E-state index in [1.54, 1.807) is 13.0 Å². The number of amides is 2. The van der Waals surface area contributed by atoms with Gasteiger partial charge >= 0.3 is 6.03 Å². The van der Waals surface area contributed by atoms with Crippen molar-refractivity contribution in [2.24, 2.45) is 0 Å². The average molecular weight is 215 g/mol. The average Bonchev–Trinajstić information content (AvgIpc) is 2.19. The fourth-order valence-corrected chi connectivity index (χ4v) is 0.814. The number of hydrogen-bond acceptors (Lipinski definition) is 4. The second-order valence-electron chi connectivity index (χ2n) is 2.65. The molecule has 0 spiro atoms. The van der Waals surface area contributed by atoms with Gasteiger partial charge in [-0.05, 0) is 13.0 Å². The summed E-state index contributed by atoms with van der Waals surface area (Å²) < 4.78 is 9.74. The van der Waals surface area contributed by atoms with Gasteiger partial charge in [0.05, 0.1) is 6.54 Å². The minimum Gasteiger partial charge on any atom is -0.354 e. The van der Waals surface area contributed by atoms with Crippen molar-refractivity contribution >= 4 is 11.9 Å². The molecule has 0 unspecified atom stereocenters. The fraction of sp³-hybridized carbons (Fsp3) is 0.556. The van der Waals surface area contributed by atoms with Crippen molar-refractivity contribution < 1.29 is 14.3 Å². The molecule has 0 fully saturated rings. The zero-order chi connectivity index (χ0) is 11.7. The lowest BCUT2D eigenvalue weighted by Gasteiger charge is -2.14. The van der Waals surface area contributed by atoms with Gasteiger partial charge < -0.3 is 14.8 Å². The third-order valence-corrected chi connectivity index (χ3v) is 1.54. The van der Waals surface area contributed by atoms with E-state index in [0.717, 1.165) is 0 Å². The molecule has 0 aromatic rings. The maximum absolute atomic E-state index is 11.2. The molecule has 2 amide bonds. The highest BCUT2D eigenvalue weighted by atomic mass is 16.7. The van der Waals surface area contributed by atoms with E-state index < -0.39 is 12.3 Å². The van der Waals surface area contributed by atoms with Crippen molar-refractivity contribution in [1.82, 2.24) is 10.6 Å². The van der Waals surface area contributed by atoms with Crippen LogP contribution in [-0.4, -0.2) is 38.9 Å². The molecule has 0 saturated heterocycles. The van der Waals surface area contributed by atoms with Crippen LogP contribution in [-0.2, 0) is 9.47 Å². The van der Waals surface area contributed by atoms with Crippen molar-refractivity contribution in [3.05, 3.63) is 12.2 Å². The van der Waals surface area contributed by atoms with Gasteiger partial charge in [-0.1, -0.05) is 6.08 Å². The SMILES string of the molecule is C/C=C\C(=N)NC(=O)NCC(OC)OC. The first kappa shape index (κ1) is 13.6. The van der Waals surface area contributed by atoms with E-state index in [1.165, 1.54) is 20.3 Å². The van der Waals surface area contributed by atoms with Crippen molar-refractivity contribution in [2.75, 3.05) is 20.8 Å². The quantitative estimate of drug-likeness (QED) is 0.354. The van der Waals surface area contributed by atoms with E-state index in [-0.39, 0.29) is 12.4 Å². The molecule has 86 valence electrons. The summed E-state index contributed by atoms with van der Waals surface area (Å²) in [7, 11) is 2.96. The number of hydrogen-bond donors (Lipinski definition) is 3. The van der Waals surface area contributed by atoms with Gasteiger partial charge in [0.2, 0.25) is 0 Å². The number of ether oxygens (including phenoxy) is 2. The summed E-state index contributed by atoms with van der Waals surface area (Å²) in [5.41, 5.74) is 0. The van der Waals surface area contributed by atoms with Gasteiger partial charge in [-0.25, -0.2) is 4.79 Å². The van der Waals surface area contributed by atoms with E-state index >= 15 is 0 Å². The molecule has 0 atom stereocenters. The molecule has 0 aromatic carbocycles. The second kappa shape index (κ2) is 7.95. The summed E-state index contributed by atoms with van der Waals surface area (Å²) >= 11 is 0. The van der Waals surface area contributed by atoms with Crippen LogP contribution in [0.2, 0.25) is 0 Å². The largest absolute Gasteiger partial charge is 0.354 e. The molecule has 0 heterocycles. The summed E-state index contributed by atoms with van der Waals surface area (Å²) in [4.78, 5) is 11.2. The molecule has 0 aromatic heterocycles. The van der Waals surface area contributed by atoms with Crippen LogP contribution in [0.4, 0.5) is 4.79 Å². The van der Waals surface area contributed by atoms with Crippen LogP contribution in [0.25, 0.3) is 0 Å².